The van der Waals surface area contributed by atoms with E-state index in [9.17, 15) is 9.59 Å². The molecule has 5 heteroatoms. The number of carbonyl (C=O) groups excluding carboxylic acids is 2. The Labute approximate surface area is 180 Å². The van der Waals surface area contributed by atoms with E-state index in [1.807, 2.05) is 83.1 Å². The van der Waals surface area contributed by atoms with Crippen molar-refractivity contribution in [2.75, 3.05) is 13.2 Å². The van der Waals surface area contributed by atoms with E-state index >= 15 is 0 Å². The van der Waals surface area contributed by atoms with Crippen LogP contribution in [-0.4, -0.2) is 35.9 Å². The minimum atomic E-state index is -0.544. The Bertz CT molecular complexity index is 848. The molecule has 0 unspecified atom stereocenters. The molecule has 0 aromatic heterocycles. The standard InChI is InChI=1S/C25H34N2O3/c1-6-23(25(29)26-15-18(2)3)27(16-21-11-7-9-19(4)13-21)24(28)17-30-22-12-8-10-20(5)14-22/h7-14,18,23H,6,15-17H2,1-5H3,(H,26,29)/t23-/m1/s1. The second-order valence-electron chi connectivity index (χ2n) is 8.18. The molecular formula is C25H34N2O3. The highest BCUT2D eigenvalue weighted by Crippen LogP contribution is 2.16. The summed E-state index contributed by atoms with van der Waals surface area (Å²) in [5.74, 6) is 0.667. The lowest BCUT2D eigenvalue weighted by Gasteiger charge is -2.31. The molecule has 2 aromatic carbocycles. The molecule has 0 fully saturated rings. The number of ether oxygens (including phenoxy) is 1. The van der Waals surface area contributed by atoms with Crippen molar-refractivity contribution in [3.05, 3.63) is 65.2 Å². The average molecular weight is 411 g/mol. The van der Waals surface area contributed by atoms with Crippen molar-refractivity contribution in [2.45, 2.75) is 53.6 Å². The first kappa shape index (κ1) is 23.5. The normalized spacial score (nSPS) is 11.8. The smallest absolute Gasteiger partial charge is 0.261 e. The van der Waals surface area contributed by atoms with E-state index in [-0.39, 0.29) is 18.4 Å². The molecule has 0 bridgehead atoms. The fraction of sp³-hybridized carbons (Fsp3) is 0.440. The van der Waals surface area contributed by atoms with Crippen molar-refractivity contribution < 1.29 is 14.3 Å². The molecule has 0 aliphatic carbocycles. The summed E-state index contributed by atoms with van der Waals surface area (Å²) in [7, 11) is 0. The molecule has 30 heavy (non-hydrogen) atoms. The minimum Gasteiger partial charge on any atom is -0.484 e. The molecular weight excluding hydrogens is 376 g/mol. The van der Waals surface area contributed by atoms with Gasteiger partial charge in [-0.3, -0.25) is 9.59 Å². The quantitative estimate of drug-likeness (QED) is 0.637. The van der Waals surface area contributed by atoms with E-state index in [0.29, 0.717) is 31.2 Å². The SMILES string of the molecule is CC[C@H](C(=O)NCC(C)C)N(Cc1cccc(C)c1)C(=O)COc1cccc(C)c1. The van der Waals surface area contributed by atoms with Crippen molar-refractivity contribution in [2.24, 2.45) is 5.92 Å². The summed E-state index contributed by atoms with van der Waals surface area (Å²) >= 11 is 0. The lowest BCUT2D eigenvalue weighted by molar-refractivity contribution is -0.143. The Morgan fingerprint density at radius 2 is 1.70 bits per heavy atom. The first-order chi connectivity index (χ1) is 14.3. The second-order valence-corrected chi connectivity index (χ2v) is 8.18. The third-order valence-electron chi connectivity index (χ3n) is 4.86. The molecule has 0 saturated heterocycles. The zero-order chi connectivity index (χ0) is 22.1. The predicted octanol–water partition coefficient (Wildman–Crippen LogP) is 4.26. The molecule has 0 radical (unpaired) electrons. The number of benzene rings is 2. The number of aryl methyl sites for hydroxylation is 2. The van der Waals surface area contributed by atoms with Gasteiger partial charge in [0.25, 0.3) is 5.91 Å². The van der Waals surface area contributed by atoms with Gasteiger partial charge in [0.1, 0.15) is 11.8 Å². The number of nitrogens with one attached hydrogen (secondary N) is 1. The van der Waals surface area contributed by atoms with E-state index in [2.05, 4.69) is 5.32 Å². The van der Waals surface area contributed by atoms with Gasteiger partial charge in [0.15, 0.2) is 6.61 Å². The fourth-order valence-corrected chi connectivity index (χ4v) is 3.28. The number of hydrogen-bond acceptors (Lipinski definition) is 3. The first-order valence-electron chi connectivity index (χ1n) is 10.6. The molecule has 0 spiro atoms. The zero-order valence-electron chi connectivity index (χ0n) is 18.8. The van der Waals surface area contributed by atoms with E-state index < -0.39 is 6.04 Å². The maximum absolute atomic E-state index is 13.2. The van der Waals surface area contributed by atoms with Gasteiger partial charge in [-0.1, -0.05) is 62.7 Å². The molecule has 0 saturated carbocycles. The molecule has 0 aliphatic heterocycles. The largest absolute Gasteiger partial charge is 0.484 e. The van der Waals surface area contributed by atoms with Crippen LogP contribution in [0.25, 0.3) is 0 Å². The molecule has 1 atom stereocenters. The van der Waals surface area contributed by atoms with Crippen LogP contribution in [0.5, 0.6) is 5.75 Å². The van der Waals surface area contributed by atoms with Crippen LogP contribution in [0.3, 0.4) is 0 Å². The highest BCUT2D eigenvalue weighted by atomic mass is 16.5. The summed E-state index contributed by atoms with van der Waals surface area (Å²) in [5, 5.41) is 2.97. The number of nitrogens with zero attached hydrogens (tertiary/aromatic N) is 1. The maximum Gasteiger partial charge on any atom is 0.261 e. The topological polar surface area (TPSA) is 58.6 Å². The summed E-state index contributed by atoms with van der Waals surface area (Å²) in [4.78, 5) is 27.6. The third-order valence-corrected chi connectivity index (χ3v) is 4.86. The van der Waals surface area contributed by atoms with Gasteiger partial charge in [0.05, 0.1) is 0 Å². The highest BCUT2D eigenvalue weighted by molar-refractivity contribution is 5.88. The van der Waals surface area contributed by atoms with Crippen LogP contribution >= 0.6 is 0 Å². The number of rotatable bonds is 10. The summed E-state index contributed by atoms with van der Waals surface area (Å²) < 4.78 is 5.74. The Morgan fingerprint density at radius 3 is 2.30 bits per heavy atom. The second kappa shape index (κ2) is 11.4. The number of carbonyl (C=O) groups is 2. The van der Waals surface area contributed by atoms with E-state index in [1.54, 1.807) is 4.90 Å². The number of amides is 2. The van der Waals surface area contributed by atoms with Gasteiger partial charge in [0.2, 0.25) is 5.91 Å². The first-order valence-corrected chi connectivity index (χ1v) is 10.6. The molecule has 1 N–H and O–H groups in total. The molecule has 2 aromatic rings. The van der Waals surface area contributed by atoms with Gasteiger partial charge < -0.3 is 15.0 Å². The van der Waals surface area contributed by atoms with Crippen molar-refractivity contribution >= 4 is 11.8 Å². The summed E-state index contributed by atoms with van der Waals surface area (Å²) in [6.07, 6.45) is 0.534. The van der Waals surface area contributed by atoms with Crippen LogP contribution in [-0.2, 0) is 16.1 Å². The Kier molecular flexibility index (Phi) is 8.90. The summed E-state index contributed by atoms with van der Waals surface area (Å²) in [6.45, 7) is 10.9. The Hall–Kier alpha value is -2.82. The van der Waals surface area contributed by atoms with Gasteiger partial charge in [-0.2, -0.15) is 0 Å². The molecule has 0 aliphatic rings. The minimum absolute atomic E-state index is 0.108. The van der Waals surface area contributed by atoms with Gasteiger partial charge in [-0.05, 0) is 49.4 Å². The highest BCUT2D eigenvalue weighted by Gasteiger charge is 2.29. The van der Waals surface area contributed by atoms with Crippen LogP contribution in [0.1, 0.15) is 43.9 Å². The fourth-order valence-electron chi connectivity index (χ4n) is 3.28. The molecule has 2 amide bonds. The van der Waals surface area contributed by atoms with Gasteiger partial charge in [0, 0.05) is 13.1 Å². The van der Waals surface area contributed by atoms with E-state index in [0.717, 1.165) is 16.7 Å². The summed E-state index contributed by atoms with van der Waals surface area (Å²) in [6, 6.07) is 15.1. The Morgan fingerprint density at radius 1 is 1.03 bits per heavy atom. The maximum atomic E-state index is 13.2. The molecule has 162 valence electrons. The van der Waals surface area contributed by atoms with Crippen LogP contribution in [0.15, 0.2) is 48.5 Å². The van der Waals surface area contributed by atoms with Gasteiger partial charge in [-0.25, -0.2) is 0 Å². The van der Waals surface area contributed by atoms with Crippen LogP contribution < -0.4 is 10.1 Å². The predicted molar refractivity (Wildman–Crippen MR) is 120 cm³/mol. The molecule has 2 rings (SSSR count). The third kappa shape index (κ3) is 7.21. The van der Waals surface area contributed by atoms with Gasteiger partial charge >= 0.3 is 0 Å². The summed E-state index contributed by atoms with van der Waals surface area (Å²) in [5.41, 5.74) is 3.18. The van der Waals surface area contributed by atoms with Crippen molar-refractivity contribution in [1.29, 1.82) is 0 Å². The van der Waals surface area contributed by atoms with Crippen molar-refractivity contribution in [3.63, 3.8) is 0 Å². The van der Waals surface area contributed by atoms with E-state index in [4.69, 9.17) is 4.74 Å². The Balaban J connectivity index is 2.19. The van der Waals surface area contributed by atoms with Crippen LogP contribution in [0.4, 0.5) is 0 Å². The monoisotopic (exact) mass is 410 g/mol. The van der Waals surface area contributed by atoms with E-state index in [1.165, 1.54) is 0 Å². The number of hydrogen-bond donors (Lipinski definition) is 1. The van der Waals surface area contributed by atoms with Crippen LogP contribution in [0.2, 0.25) is 0 Å². The van der Waals surface area contributed by atoms with Gasteiger partial charge in [-0.15, -0.1) is 0 Å². The zero-order valence-corrected chi connectivity index (χ0v) is 18.8. The molecule has 0 heterocycles. The van der Waals surface area contributed by atoms with Crippen molar-refractivity contribution in [1.82, 2.24) is 10.2 Å². The van der Waals surface area contributed by atoms with Crippen LogP contribution in [0, 0.1) is 19.8 Å². The molecule has 5 nitrogen and oxygen atoms in total. The lowest BCUT2D eigenvalue weighted by atomic mass is 10.1. The average Bonchev–Trinajstić information content (AvgIpc) is 2.70. The van der Waals surface area contributed by atoms with Crippen molar-refractivity contribution in [3.8, 4) is 5.75 Å². The lowest BCUT2D eigenvalue weighted by Crippen LogP contribution is -2.50.